The molecule has 0 spiro atoms. The van der Waals surface area contributed by atoms with Crippen LogP contribution in [0, 0.1) is 11.3 Å². The van der Waals surface area contributed by atoms with E-state index in [0.717, 1.165) is 12.1 Å². The molecule has 8 nitrogen and oxygen atoms in total. The summed E-state index contributed by atoms with van der Waals surface area (Å²) in [6, 6.07) is 6.81. The van der Waals surface area contributed by atoms with E-state index in [4.69, 9.17) is 17.3 Å². The number of hydrogen-bond acceptors (Lipinski definition) is 5. The molecule has 0 aromatic carbocycles. The van der Waals surface area contributed by atoms with Crippen LogP contribution in [0.1, 0.15) is 51.9 Å². The molecule has 0 saturated carbocycles. The van der Waals surface area contributed by atoms with Crippen molar-refractivity contribution >= 4 is 29.2 Å². The second-order valence-electron chi connectivity index (χ2n) is 6.68. The predicted molar refractivity (Wildman–Crippen MR) is 105 cm³/mol. The summed E-state index contributed by atoms with van der Waals surface area (Å²) < 4.78 is 0. The maximum absolute atomic E-state index is 12.5. The first-order chi connectivity index (χ1) is 13.4. The molecule has 0 aliphatic carbocycles. The van der Waals surface area contributed by atoms with Crippen LogP contribution in [-0.2, 0) is 6.42 Å². The van der Waals surface area contributed by atoms with Crippen LogP contribution in [0.15, 0.2) is 18.2 Å². The fourth-order valence-corrected chi connectivity index (χ4v) is 3.47. The van der Waals surface area contributed by atoms with Gasteiger partial charge in [0.05, 0.1) is 5.56 Å². The Labute approximate surface area is 167 Å². The van der Waals surface area contributed by atoms with Gasteiger partial charge in [0.25, 0.3) is 5.91 Å². The number of nitrogens with one attached hydrogen (secondary N) is 2. The van der Waals surface area contributed by atoms with Gasteiger partial charge >= 0.3 is 0 Å². The lowest BCUT2D eigenvalue weighted by molar-refractivity contribution is 0.0925. The van der Waals surface area contributed by atoms with Crippen molar-refractivity contribution in [2.75, 3.05) is 18.0 Å². The monoisotopic (exact) mass is 400 g/mol. The summed E-state index contributed by atoms with van der Waals surface area (Å²) in [5, 5.41) is 12.4. The third kappa shape index (κ3) is 4.26. The van der Waals surface area contributed by atoms with Gasteiger partial charge in [-0.3, -0.25) is 9.59 Å². The Balaban J connectivity index is 1.63. The van der Waals surface area contributed by atoms with Gasteiger partial charge in [-0.25, -0.2) is 4.98 Å². The lowest BCUT2D eigenvalue weighted by Crippen LogP contribution is -2.45. The topological polar surface area (TPSA) is 128 Å². The van der Waals surface area contributed by atoms with Crippen molar-refractivity contribution in [2.24, 2.45) is 5.73 Å². The molecule has 1 aliphatic heterocycles. The largest absolute Gasteiger partial charge is 0.366 e. The summed E-state index contributed by atoms with van der Waals surface area (Å²) in [4.78, 5) is 33.3. The van der Waals surface area contributed by atoms with Crippen molar-refractivity contribution in [3.05, 3.63) is 45.9 Å². The highest BCUT2D eigenvalue weighted by atomic mass is 35.5. The average Bonchev–Trinajstić information content (AvgIpc) is 3.12. The van der Waals surface area contributed by atoms with Gasteiger partial charge in [0.2, 0.25) is 5.91 Å². The highest BCUT2D eigenvalue weighted by Crippen LogP contribution is 2.22. The second kappa shape index (κ2) is 8.31. The molecule has 0 atom stereocenters. The number of aromatic amines is 1. The van der Waals surface area contributed by atoms with Gasteiger partial charge in [-0.05, 0) is 37.5 Å². The van der Waals surface area contributed by atoms with E-state index < -0.39 is 5.91 Å². The van der Waals surface area contributed by atoms with E-state index >= 15 is 0 Å². The number of nitrogens with two attached hydrogens (primary N) is 1. The zero-order chi connectivity index (χ0) is 20.3. The fourth-order valence-electron chi connectivity index (χ4n) is 3.27. The summed E-state index contributed by atoms with van der Waals surface area (Å²) in [7, 11) is 0. The van der Waals surface area contributed by atoms with Crippen molar-refractivity contribution < 1.29 is 9.59 Å². The summed E-state index contributed by atoms with van der Waals surface area (Å²) in [5.41, 5.74) is 7.16. The van der Waals surface area contributed by atoms with Crippen molar-refractivity contribution in [3.8, 4) is 6.07 Å². The van der Waals surface area contributed by atoms with Crippen LogP contribution in [0.5, 0.6) is 0 Å². The van der Waals surface area contributed by atoms with E-state index in [1.165, 1.54) is 6.07 Å². The van der Waals surface area contributed by atoms with Gasteiger partial charge < -0.3 is 20.9 Å². The molecule has 2 aromatic heterocycles. The van der Waals surface area contributed by atoms with Crippen molar-refractivity contribution in [1.29, 1.82) is 5.26 Å². The molecule has 1 aliphatic rings. The molecule has 146 valence electrons. The number of hydrogen-bond donors (Lipinski definition) is 3. The van der Waals surface area contributed by atoms with Gasteiger partial charge in [-0.15, -0.1) is 0 Å². The highest BCUT2D eigenvalue weighted by molar-refractivity contribution is 6.29. The van der Waals surface area contributed by atoms with Gasteiger partial charge in [-0.2, -0.15) is 5.26 Å². The second-order valence-corrected chi connectivity index (χ2v) is 7.07. The number of carbonyl (C=O) groups excluding carboxylic acids is 2. The van der Waals surface area contributed by atoms with Crippen LogP contribution in [0.3, 0.4) is 0 Å². The summed E-state index contributed by atoms with van der Waals surface area (Å²) in [5.74, 6) is -0.236. The Hall–Kier alpha value is -3.05. The molecule has 0 bridgehead atoms. The molecule has 1 saturated heterocycles. The minimum atomic E-state index is -0.557. The predicted octanol–water partition coefficient (Wildman–Crippen LogP) is 1.99. The van der Waals surface area contributed by atoms with Gasteiger partial charge in [-0.1, -0.05) is 18.5 Å². The Bertz CT molecular complexity index is 940. The lowest BCUT2D eigenvalue weighted by Gasteiger charge is -2.33. The molecule has 0 unspecified atom stereocenters. The third-order valence-corrected chi connectivity index (χ3v) is 5.01. The van der Waals surface area contributed by atoms with E-state index in [-0.39, 0.29) is 17.1 Å². The molecule has 0 radical (unpaired) electrons. The number of nitrogens with zero attached hydrogens (tertiary/aromatic N) is 3. The number of nitriles is 1. The van der Waals surface area contributed by atoms with E-state index in [0.29, 0.717) is 48.6 Å². The number of pyridine rings is 1. The smallest absolute Gasteiger partial charge is 0.269 e. The number of anilines is 1. The van der Waals surface area contributed by atoms with Crippen LogP contribution in [0.2, 0.25) is 5.15 Å². The van der Waals surface area contributed by atoms with Crippen LogP contribution in [0.4, 0.5) is 5.82 Å². The molecular weight excluding hydrogens is 380 g/mol. The van der Waals surface area contributed by atoms with Crippen LogP contribution < -0.4 is 16.0 Å². The highest BCUT2D eigenvalue weighted by Gasteiger charge is 2.24. The molecule has 2 amide bonds. The molecule has 2 aromatic rings. The molecule has 28 heavy (non-hydrogen) atoms. The van der Waals surface area contributed by atoms with Crippen molar-refractivity contribution in [2.45, 2.75) is 32.2 Å². The standard InChI is InChI=1S/C19H21ClN6O2/c1-2-13-7-12(10-21)17(23-13)19(28)24-14-3-5-26(6-4-14)16-9-11(18(22)27)8-15(20)25-16/h7-9,14,23H,2-6H2,1H3,(H2,22,27)(H,24,28). The molecule has 3 heterocycles. The maximum atomic E-state index is 12.5. The van der Waals surface area contributed by atoms with Crippen LogP contribution in [-0.4, -0.2) is 40.9 Å². The minimum Gasteiger partial charge on any atom is -0.366 e. The van der Waals surface area contributed by atoms with Crippen LogP contribution >= 0.6 is 11.6 Å². The first-order valence-electron chi connectivity index (χ1n) is 9.06. The number of piperidine rings is 1. The van der Waals surface area contributed by atoms with Crippen LogP contribution in [0.25, 0.3) is 0 Å². The number of halogens is 1. The maximum Gasteiger partial charge on any atom is 0.269 e. The number of H-pyrrole nitrogens is 1. The first-order valence-corrected chi connectivity index (χ1v) is 9.44. The molecule has 4 N–H and O–H groups in total. The number of carbonyl (C=O) groups is 2. The lowest BCUT2D eigenvalue weighted by atomic mass is 10.0. The Morgan fingerprint density at radius 3 is 2.71 bits per heavy atom. The number of primary amides is 1. The van der Waals surface area contributed by atoms with Crippen molar-refractivity contribution in [3.63, 3.8) is 0 Å². The molecular formula is C19H21ClN6O2. The van der Waals surface area contributed by atoms with Gasteiger partial charge in [0, 0.05) is 30.4 Å². The van der Waals surface area contributed by atoms with Crippen molar-refractivity contribution in [1.82, 2.24) is 15.3 Å². The Kier molecular flexibility index (Phi) is 5.85. The van der Waals surface area contributed by atoms with E-state index in [9.17, 15) is 14.9 Å². The molecule has 1 fully saturated rings. The first kappa shape index (κ1) is 19.7. The summed E-state index contributed by atoms with van der Waals surface area (Å²) in [6.07, 6.45) is 2.13. The zero-order valence-corrected chi connectivity index (χ0v) is 16.2. The SMILES string of the molecule is CCc1cc(C#N)c(C(=O)NC2CCN(c3cc(C(N)=O)cc(Cl)n3)CC2)[nH]1. The number of rotatable bonds is 5. The number of amides is 2. The zero-order valence-electron chi connectivity index (χ0n) is 15.5. The summed E-state index contributed by atoms with van der Waals surface area (Å²) >= 11 is 5.99. The fraction of sp³-hybridized carbons (Fsp3) is 0.368. The van der Waals surface area contributed by atoms with Gasteiger partial charge in [0.15, 0.2) is 0 Å². The average molecular weight is 401 g/mol. The normalized spacial score (nSPS) is 14.5. The van der Waals surface area contributed by atoms with E-state index in [1.54, 1.807) is 12.1 Å². The van der Waals surface area contributed by atoms with E-state index in [1.807, 2.05) is 11.8 Å². The third-order valence-electron chi connectivity index (χ3n) is 4.82. The number of aryl methyl sites for hydroxylation is 1. The molecule has 9 heteroatoms. The minimum absolute atomic E-state index is 0.0153. The Morgan fingerprint density at radius 1 is 1.39 bits per heavy atom. The quantitative estimate of drug-likeness (QED) is 0.661. The molecule has 3 rings (SSSR count). The van der Waals surface area contributed by atoms with E-state index in [2.05, 4.69) is 21.4 Å². The Morgan fingerprint density at radius 2 is 2.11 bits per heavy atom. The number of aromatic nitrogens is 2. The van der Waals surface area contributed by atoms with Gasteiger partial charge in [0.1, 0.15) is 22.7 Å². The summed E-state index contributed by atoms with van der Waals surface area (Å²) in [6.45, 7) is 3.25.